The van der Waals surface area contributed by atoms with Gasteiger partial charge in [0.2, 0.25) is 5.91 Å². The number of carbonyl (C=O) groups is 1. The standard InChI is InChI=1S/C18H34N2O2.ClH/c1-15(16-8-10-19-11-9-16)14-18(21)20-12-13-22-17-6-4-2-3-5-7-17;/h15-17,19H,2-14H2,1H3,(H,20,21);1H. The molecule has 2 aliphatic rings. The number of amides is 1. The monoisotopic (exact) mass is 346 g/mol. The van der Waals surface area contributed by atoms with E-state index in [0.29, 0.717) is 37.5 Å². The molecule has 0 bridgehead atoms. The summed E-state index contributed by atoms with van der Waals surface area (Å²) in [6.45, 7) is 5.75. The molecule has 1 aliphatic carbocycles. The molecule has 1 unspecified atom stereocenters. The highest BCUT2D eigenvalue weighted by Gasteiger charge is 2.21. The van der Waals surface area contributed by atoms with E-state index in [2.05, 4.69) is 17.6 Å². The van der Waals surface area contributed by atoms with E-state index in [4.69, 9.17) is 4.74 Å². The van der Waals surface area contributed by atoms with E-state index in [-0.39, 0.29) is 18.3 Å². The summed E-state index contributed by atoms with van der Waals surface area (Å²) in [4.78, 5) is 12.0. The van der Waals surface area contributed by atoms with Crippen LogP contribution in [0.2, 0.25) is 0 Å². The van der Waals surface area contributed by atoms with Gasteiger partial charge in [-0.25, -0.2) is 0 Å². The van der Waals surface area contributed by atoms with E-state index in [1.54, 1.807) is 0 Å². The van der Waals surface area contributed by atoms with Crippen molar-refractivity contribution in [1.82, 2.24) is 10.6 Å². The third-order valence-corrected chi connectivity index (χ3v) is 5.28. The molecule has 4 nitrogen and oxygen atoms in total. The first-order chi connectivity index (χ1) is 10.8. The number of carbonyl (C=O) groups excluding carboxylic acids is 1. The van der Waals surface area contributed by atoms with Crippen LogP contribution in [0.4, 0.5) is 0 Å². The minimum absolute atomic E-state index is 0. The van der Waals surface area contributed by atoms with Crippen LogP contribution in [0.1, 0.15) is 64.7 Å². The van der Waals surface area contributed by atoms with Crippen LogP contribution in [0.25, 0.3) is 0 Å². The van der Waals surface area contributed by atoms with Crippen LogP contribution in [0.5, 0.6) is 0 Å². The lowest BCUT2D eigenvalue weighted by Gasteiger charge is -2.27. The second kappa shape index (κ2) is 12.1. The molecule has 1 atom stereocenters. The molecule has 23 heavy (non-hydrogen) atoms. The number of rotatable bonds is 7. The van der Waals surface area contributed by atoms with Crippen LogP contribution in [-0.2, 0) is 9.53 Å². The van der Waals surface area contributed by atoms with Gasteiger partial charge in [-0.15, -0.1) is 12.4 Å². The third-order valence-electron chi connectivity index (χ3n) is 5.28. The molecule has 1 saturated heterocycles. The van der Waals surface area contributed by atoms with E-state index in [9.17, 15) is 4.79 Å². The first kappa shape index (κ1) is 20.7. The molecule has 0 spiro atoms. The van der Waals surface area contributed by atoms with E-state index in [1.807, 2.05) is 0 Å². The number of hydrogen-bond acceptors (Lipinski definition) is 3. The average molecular weight is 347 g/mol. The molecule has 136 valence electrons. The van der Waals surface area contributed by atoms with Crippen molar-refractivity contribution in [1.29, 1.82) is 0 Å². The summed E-state index contributed by atoms with van der Waals surface area (Å²) in [5.41, 5.74) is 0. The Morgan fingerprint density at radius 3 is 2.43 bits per heavy atom. The quantitative estimate of drug-likeness (QED) is 0.549. The van der Waals surface area contributed by atoms with Crippen LogP contribution in [0.3, 0.4) is 0 Å². The highest BCUT2D eigenvalue weighted by molar-refractivity contribution is 5.85. The maximum Gasteiger partial charge on any atom is 0.220 e. The van der Waals surface area contributed by atoms with Crippen molar-refractivity contribution in [3.63, 3.8) is 0 Å². The fraction of sp³-hybridized carbons (Fsp3) is 0.944. The molecule has 0 aromatic heterocycles. The van der Waals surface area contributed by atoms with E-state index in [1.165, 1.54) is 51.4 Å². The molecular formula is C18H35ClN2O2. The van der Waals surface area contributed by atoms with Gasteiger partial charge >= 0.3 is 0 Å². The van der Waals surface area contributed by atoms with Crippen molar-refractivity contribution in [2.45, 2.75) is 70.8 Å². The van der Waals surface area contributed by atoms with Crippen LogP contribution < -0.4 is 10.6 Å². The van der Waals surface area contributed by atoms with Crippen molar-refractivity contribution in [3.05, 3.63) is 0 Å². The van der Waals surface area contributed by atoms with Crippen molar-refractivity contribution in [2.75, 3.05) is 26.2 Å². The van der Waals surface area contributed by atoms with Crippen molar-refractivity contribution in [2.24, 2.45) is 11.8 Å². The average Bonchev–Trinajstić information content (AvgIpc) is 2.81. The minimum atomic E-state index is 0. The maximum absolute atomic E-state index is 12.0. The van der Waals surface area contributed by atoms with Crippen molar-refractivity contribution < 1.29 is 9.53 Å². The van der Waals surface area contributed by atoms with Crippen molar-refractivity contribution >= 4 is 18.3 Å². The van der Waals surface area contributed by atoms with E-state index < -0.39 is 0 Å². The summed E-state index contributed by atoms with van der Waals surface area (Å²) >= 11 is 0. The number of ether oxygens (including phenoxy) is 1. The van der Waals surface area contributed by atoms with Crippen LogP contribution in [0.15, 0.2) is 0 Å². The highest BCUT2D eigenvalue weighted by atomic mass is 35.5. The van der Waals surface area contributed by atoms with Gasteiger partial charge in [0.05, 0.1) is 12.7 Å². The summed E-state index contributed by atoms with van der Waals surface area (Å²) in [7, 11) is 0. The Morgan fingerprint density at radius 2 is 1.78 bits per heavy atom. The summed E-state index contributed by atoms with van der Waals surface area (Å²) in [6, 6.07) is 0. The summed E-state index contributed by atoms with van der Waals surface area (Å²) in [6.07, 6.45) is 11.2. The minimum Gasteiger partial charge on any atom is -0.376 e. The molecule has 1 saturated carbocycles. The summed E-state index contributed by atoms with van der Waals surface area (Å²) < 4.78 is 5.91. The molecule has 0 radical (unpaired) electrons. The lowest BCUT2D eigenvalue weighted by atomic mass is 9.84. The van der Waals surface area contributed by atoms with Gasteiger partial charge in [0.1, 0.15) is 0 Å². The molecule has 1 heterocycles. The topological polar surface area (TPSA) is 50.4 Å². The number of halogens is 1. The lowest BCUT2D eigenvalue weighted by molar-refractivity contribution is -0.122. The smallest absolute Gasteiger partial charge is 0.220 e. The second-order valence-corrected chi connectivity index (χ2v) is 7.10. The second-order valence-electron chi connectivity index (χ2n) is 7.10. The first-order valence-electron chi connectivity index (χ1n) is 9.34. The van der Waals surface area contributed by atoms with E-state index >= 15 is 0 Å². The fourth-order valence-electron chi connectivity index (χ4n) is 3.77. The molecule has 2 N–H and O–H groups in total. The van der Waals surface area contributed by atoms with Gasteiger partial charge in [0.25, 0.3) is 0 Å². The van der Waals surface area contributed by atoms with Gasteiger partial charge in [-0.2, -0.15) is 0 Å². The number of piperidine rings is 1. The largest absolute Gasteiger partial charge is 0.376 e. The molecule has 2 rings (SSSR count). The molecule has 1 aliphatic heterocycles. The normalized spacial score (nSPS) is 22.0. The Morgan fingerprint density at radius 1 is 1.13 bits per heavy atom. The van der Waals surface area contributed by atoms with E-state index in [0.717, 1.165) is 13.1 Å². The predicted molar refractivity (Wildman–Crippen MR) is 97.1 cm³/mol. The van der Waals surface area contributed by atoms with Gasteiger partial charge in [-0.1, -0.05) is 32.6 Å². The zero-order chi connectivity index (χ0) is 15.6. The zero-order valence-corrected chi connectivity index (χ0v) is 15.5. The van der Waals surface area contributed by atoms with Crippen LogP contribution in [0, 0.1) is 11.8 Å². The molecule has 1 amide bonds. The van der Waals surface area contributed by atoms with Crippen LogP contribution >= 0.6 is 12.4 Å². The maximum atomic E-state index is 12.0. The summed E-state index contributed by atoms with van der Waals surface area (Å²) in [5, 5.41) is 6.41. The Bertz CT molecular complexity index is 314. The Labute approximate surface area is 147 Å². The molecule has 0 aromatic carbocycles. The highest BCUT2D eigenvalue weighted by Crippen LogP contribution is 2.24. The van der Waals surface area contributed by atoms with Gasteiger partial charge in [-0.3, -0.25) is 4.79 Å². The number of nitrogens with one attached hydrogen (secondary N) is 2. The zero-order valence-electron chi connectivity index (χ0n) is 14.6. The third kappa shape index (κ3) is 8.37. The Kier molecular flexibility index (Phi) is 10.9. The Balaban J connectivity index is 0.00000264. The molecule has 0 aromatic rings. The van der Waals surface area contributed by atoms with Gasteiger partial charge in [0.15, 0.2) is 0 Å². The summed E-state index contributed by atoms with van der Waals surface area (Å²) in [5.74, 6) is 1.38. The van der Waals surface area contributed by atoms with Gasteiger partial charge < -0.3 is 15.4 Å². The first-order valence-corrected chi connectivity index (χ1v) is 9.34. The van der Waals surface area contributed by atoms with Gasteiger partial charge in [-0.05, 0) is 50.6 Å². The fourth-order valence-corrected chi connectivity index (χ4v) is 3.77. The number of hydrogen-bond donors (Lipinski definition) is 2. The molecular weight excluding hydrogens is 312 g/mol. The molecule has 2 fully saturated rings. The Hall–Kier alpha value is -0.320. The predicted octanol–water partition coefficient (Wildman–Crippen LogP) is 3.29. The van der Waals surface area contributed by atoms with Gasteiger partial charge in [0, 0.05) is 13.0 Å². The van der Waals surface area contributed by atoms with Crippen LogP contribution in [-0.4, -0.2) is 38.3 Å². The molecule has 5 heteroatoms. The lowest BCUT2D eigenvalue weighted by Crippen LogP contribution is -2.34. The SMILES string of the molecule is CC(CC(=O)NCCOC1CCCCCC1)C1CCNCC1.Cl. The van der Waals surface area contributed by atoms with Crippen molar-refractivity contribution in [3.8, 4) is 0 Å².